The molecule has 4 heteroatoms. The number of benzene rings is 1. The standard InChI is InChI=1S/C15H16BrFN2/c1-11-7-12(8-16)9-18-15(11)19(2)10-13-5-3-4-6-14(13)17/h3-7,9H,8,10H2,1-2H3. The maximum atomic E-state index is 13.6. The average molecular weight is 323 g/mol. The summed E-state index contributed by atoms with van der Waals surface area (Å²) in [6.07, 6.45) is 1.84. The van der Waals surface area contributed by atoms with Crippen molar-refractivity contribution in [2.45, 2.75) is 18.8 Å². The van der Waals surface area contributed by atoms with E-state index < -0.39 is 0 Å². The highest BCUT2D eigenvalue weighted by atomic mass is 79.9. The summed E-state index contributed by atoms with van der Waals surface area (Å²) in [7, 11) is 1.93. The summed E-state index contributed by atoms with van der Waals surface area (Å²) in [5.41, 5.74) is 2.91. The van der Waals surface area contributed by atoms with Crippen molar-refractivity contribution in [1.82, 2.24) is 4.98 Å². The molecule has 2 aromatic rings. The van der Waals surface area contributed by atoms with Crippen LogP contribution in [0.2, 0.25) is 0 Å². The van der Waals surface area contributed by atoms with Gasteiger partial charge in [-0.25, -0.2) is 9.37 Å². The maximum Gasteiger partial charge on any atom is 0.131 e. The molecule has 1 heterocycles. The van der Waals surface area contributed by atoms with Crippen molar-refractivity contribution < 1.29 is 4.39 Å². The van der Waals surface area contributed by atoms with Gasteiger partial charge in [-0.2, -0.15) is 0 Å². The Bertz CT molecular complexity index is 572. The fraction of sp³-hybridized carbons (Fsp3) is 0.267. The highest BCUT2D eigenvalue weighted by Gasteiger charge is 2.09. The molecule has 0 saturated carbocycles. The monoisotopic (exact) mass is 322 g/mol. The minimum absolute atomic E-state index is 0.177. The van der Waals surface area contributed by atoms with Crippen molar-refractivity contribution >= 4 is 21.7 Å². The second kappa shape index (κ2) is 6.15. The van der Waals surface area contributed by atoms with Gasteiger partial charge < -0.3 is 4.90 Å². The minimum atomic E-state index is -0.177. The van der Waals surface area contributed by atoms with E-state index in [1.807, 2.05) is 31.1 Å². The Kier molecular flexibility index (Phi) is 4.53. The Morgan fingerprint density at radius 1 is 1.32 bits per heavy atom. The van der Waals surface area contributed by atoms with Crippen molar-refractivity contribution in [3.8, 4) is 0 Å². The molecule has 19 heavy (non-hydrogen) atoms. The number of rotatable bonds is 4. The van der Waals surface area contributed by atoms with Gasteiger partial charge in [0.1, 0.15) is 11.6 Å². The smallest absolute Gasteiger partial charge is 0.131 e. The summed E-state index contributed by atoms with van der Waals surface area (Å²) in [6, 6.07) is 8.92. The van der Waals surface area contributed by atoms with E-state index in [2.05, 4.69) is 27.0 Å². The highest BCUT2D eigenvalue weighted by Crippen LogP contribution is 2.20. The molecule has 1 aromatic heterocycles. The summed E-state index contributed by atoms with van der Waals surface area (Å²) in [5.74, 6) is 0.706. The molecule has 0 spiro atoms. The van der Waals surface area contributed by atoms with Crippen molar-refractivity contribution in [3.05, 3.63) is 59.0 Å². The first-order valence-corrected chi connectivity index (χ1v) is 7.20. The van der Waals surface area contributed by atoms with Crippen LogP contribution in [0, 0.1) is 12.7 Å². The van der Waals surface area contributed by atoms with E-state index >= 15 is 0 Å². The molecule has 0 aliphatic carbocycles. The second-order valence-corrected chi connectivity index (χ2v) is 5.13. The zero-order chi connectivity index (χ0) is 13.8. The van der Waals surface area contributed by atoms with E-state index in [9.17, 15) is 4.39 Å². The third-order valence-corrected chi connectivity index (χ3v) is 3.64. The molecule has 2 nitrogen and oxygen atoms in total. The molecule has 2 rings (SSSR count). The van der Waals surface area contributed by atoms with Gasteiger partial charge in [0.2, 0.25) is 0 Å². The molecule has 0 aliphatic rings. The number of alkyl halides is 1. The van der Waals surface area contributed by atoms with Crippen LogP contribution in [0.15, 0.2) is 36.5 Å². The van der Waals surface area contributed by atoms with Crippen LogP contribution < -0.4 is 4.90 Å². The maximum absolute atomic E-state index is 13.6. The van der Waals surface area contributed by atoms with E-state index in [-0.39, 0.29) is 5.82 Å². The number of nitrogens with zero attached hydrogens (tertiary/aromatic N) is 2. The molecule has 0 amide bonds. The first-order chi connectivity index (χ1) is 9.11. The van der Waals surface area contributed by atoms with Crippen molar-refractivity contribution in [2.75, 3.05) is 11.9 Å². The molecule has 0 unspecified atom stereocenters. The third kappa shape index (κ3) is 3.32. The number of hydrogen-bond donors (Lipinski definition) is 0. The average Bonchev–Trinajstić information content (AvgIpc) is 2.41. The van der Waals surface area contributed by atoms with Gasteiger partial charge in [-0.05, 0) is 24.1 Å². The van der Waals surface area contributed by atoms with Crippen LogP contribution in [0.4, 0.5) is 10.2 Å². The summed E-state index contributed by atoms with van der Waals surface area (Å²) in [6.45, 7) is 2.53. The predicted octanol–water partition coefficient (Wildman–Crippen LogP) is 4.06. The van der Waals surface area contributed by atoms with E-state index in [0.29, 0.717) is 12.1 Å². The number of halogens is 2. The van der Waals surface area contributed by atoms with Crippen LogP contribution in [-0.2, 0) is 11.9 Å². The van der Waals surface area contributed by atoms with Gasteiger partial charge in [0.25, 0.3) is 0 Å². The van der Waals surface area contributed by atoms with E-state index in [0.717, 1.165) is 22.3 Å². The molecular weight excluding hydrogens is 307 g/mol. The topological polar surface area (TPSA) is 16.1 Å². The van der Waals surface area contributed by atoms with Crippen molar-refractivity contribution in [2.24, 2.45) is 0 Å². The predicted molar refractivity (Wildman–Crippen MR) is 80.1 cm³/mol. The van der Waals surface area contributed by atoms with Gasteiger partial charge in [-0.15, -0.1) is 0 Å². The Labute approximate surface area is 121 Å². The van der Waals surface area contributed by atoms with E-state index in [1.165, 1.54) is 6.07 Å². The molecule has 0 bridgehead atoms. The molecule has 1 aromatic carbocycles. The number of hydrogen-bond acceptors (Lipinski definition) is 2. The fourth-order valence-electron chi connectivity index (χ4n) is 2.06. The molecular formula is C15H16BrFN2. The molecule has 0 atom stereocenters. The molecule has 0 saturated heterocycles. The molecule has 100 valence electrons. The lowest BCUT2D eigenvalue weighted by Gasteiger charge is -2.20. The summed E-state index contributed by atoms with van der Waals surface area (Å²) >= 11 is 3.41. The van der Waals surface area contributed by atoms with E-state index in [1.54, 1.807) is 12.1 Å². The highest BCUT2D eigenvalue weighted by molar-refractivity contribution is 9.08. The first-order valence-electron chi connectivity index (χ1n) is 6.08. The van der Waals surface area contributed by atoms with Crippen molar-refractivity contribution in [3.63, 3.8) is 0 Å². The zero-order valence-electron chi connectivity index (χ0n) is 11.0. The number of pyridine rings is 1. The Balaban J connectivity index is 2.21. The summed E-state index contributed by atoms with van der Waals surface area (Å²) < 4.78 is 13.6. The van der Waals surface area contributed by atoms with Gasteiger partial charge in [0.15, 0.2) is 0 Å². The van der Waals surface area contributed by atoms with Gasteiger partial charge in [-0.3, -0.25) is 0 Å². The normalized spacial score (nSPS) is 10.5. The molecule has 0 aliphatic heterocycles. The van der Waals surface area contributed by atoms with Crippen LogP contribution in [0.3, 0.4) is 0 Å². The second-order valence-electron chi connectivity index (χ2n) is 4.57. The Morgan fingerprint density at radius 2 is 2.05 bits per heavy atom. The van der Waals surface area contributed by atoms with E-state index in [4.69, 9.17) is 0 Å². The number of aromatic nitrogens is 1. The fourth-order valence-corrected chi connectivity index (χ4v) is 2.36. The first kappa shape index (κ1) is 14.0. The van der Waals surface area contributed by atoms with Crippen LogP contribution in [0.1, 0.15) is 16.7 Å². The summed E-state index contributed by atoms with van der Waals surface area (Å²) in [5, 5.41) is 0.790. The van der Waals surface area contributed by atoms with Gasteiger partial charge in [-0.1, -0.05) is 40.2 Å². The van der Waals surface area contributed by atoms with Crippen LogP contribution in [0.25, 0.3) is 0 Å². The van der Waals surface area contributed by atoms with Gasteiger partial charge in [0.05, 0.1) is 0 Å². The SMILES string of the molecule is Cc1cc(CBr)cnc1N(C)Cc1ccccc1F. The van der Waals surface area contributed by atoms with Gasteiger partial charge >= 0.3 is 0 Å². The van der Waals surface area contributed by atoms with Crippen LogP contribution in [0.5, 0.6) is 0 Å². The zero-order valence-corrected chi connectivity index (χ0v) is 12.6. The quantitative estimate of drug-likeness (QED) is 0.789. The lowest BCUT2D eigenvalue weighted by Crippen LogP contribution is -2.19. The molecule has 0 N–H and O–H groups in total. The van der Waals surface area contributed by atoms with Gasteiger partial charge in [0, 0.05) is 30.7 Å². The Hall–Kier alpha value is -1.42. The largest absolute Gasteiger partial charge is 0.355 e. The summed E-state index contributed by atoms with van der Waals surface area (Å²) in [4.78, 5) is 6.41. The van der Waals surface area contributed by atoms with Crippen molar-refractivity contribution in [1.29, 1.82) is 0 Å². The molecule has 0 radical (unpaired) electrons. The Morgan fingerprint density at radius 3 is 2.68 bits per heavy atom. The lowest BCUT2D eigenvalue weighted by atomic mass is 10.1. The number of anilines is 1. The minimum Gasteiger partial charge on any atom is -0.355 e. The lowest BCUT2D eigenvalue weighted by molar-refractivity contribution is 0.607. The third-order valence-electron chi connectivity index (χ3n) is 2.99. The van der Waals surface area contributed by atoms with Crippen LogP contribution >= 0.6 is 15.9 Å². The molecule has 0 fully saturated rings. The van der Waals surface area contributed by atoms with Crippen LogP contribution in [-0.4, -0.2) is 12.0 Å². The number of aryl methyl sites for hydroxylation is 1.